The third-order valence-electron chi connectivity index (χ3n) is 2.55. The molecule has 0 fully saturated rings. The minimum atomic E-state index is 0.146. The van der Waals surface area contributed by atoms with Crippen molar-refractivity contribution in [3.05, 3.63) is 22.3 Å². The molecule has 0 saturated heterocycles. The lowest BCUT2D eigenvalue weighted by Gasteiger charge is -2.07. The Balaban J connectivity index is 2.11. The number of hydrogen-bond acceptors (Lipinski definition) is 7. The van der Waals surface area contributed by atoms with Gasteiger partial charge in [0.1, 0.15) is 5.76 Å². The minimum absolute atomic E-state index is 0.146. The Morgan fingerprint density at radius 2 is 1.79 bits per heavy atom. The van der Waals surface area contributed by atoms with Gasteiger partial charge in [0.25, 0.3) is 0 Å². The van der Waals surface area contributed by atoms with Crippen molar-refractivity contribution in [3.63, 3.8) is 0 Å². The number of hydrogen-bond donors (Lipinski definition) is 2. The molecule has 0 spiro atoms. The SMILES string of the molecule is CCNc1nc(Cl)nc(NCc2c(C)noc2C)n1. The maximum atomic E-state index is 5.84. The Hall–Kier alpha value is -1.89. The first-order valence-electron chi connectivity index (χ1n) is 5.91. The van der Waals surface area contributed by atoms with Crippen LogP contribution in [0.1, 0.15) is 23.9 Å². The van der Waals surface area contributed by atoms with E-state index in [0.29, 0.717) is 25.0 Å². The molecule has 7 nitrogen and oxygen atoms in total. The first-order valence-corrected chi connectivity index (χ1v) is 6.29. The van der Waals surface area contributed by atoms with Gasteiger partial charge in [0.2, 0.25) is 17.2 Å². The van der Waals surface area contributed by atoms with Crippen molar-refractivity contribution in [2.24, 2.45) is 0 Å². The average Bonchev–Trinajstić information content (AvgIpc) is 2.66. The predicted molar refractivity (Wildman–Crippen MR) is 72.3 cm³/mol. The van der Waals surface area contributed by atoms with Crippen LogP contribution in [0.25, 0.3) is 0 Å². The van der Waals surface area contributed by atoms with Crippen LogP contribution < -0.4 is 10.6 Å². The van der Waals surface area contributed by atoms with Crippen LogP contribution in [0.15, 0.2) is 4.52 Å². The summed E-state index contributed by atoms with van der Waals surface area (Å²) in [5.41, 5.74) is 1.83. The number of rotatable bonds is 5. The van der Waals surface area contributed by atoms with Gasteiger partial charge in [0, 0.05) is 18.7 Å². The molecule has 19 heavy (non-hydrogen) atoms. The molecule has 102 valence electrons. The van der Waals surface area contributed by atoms with E-state index < -0.39 is 0 Å². The van der Waals surface area contributed by atoms with Crippen molar-refractivity contribution in [2.75, 3.05) is 17.2 Å². The minimum Gasteiger partial charge on any atom is -0.361 e. The lowest BCUT2D eigenvalue weighted by molar-refractivity contribution is 0.392. The zero-order chi connectivity index (χ0) is 13.8. The molecule has 2 rings (SSSR count). The Morgan fingerprint density at radius 1 is 1.11 bits per heavy atom. The monoisotopic (exact) mass is 282 g/mol. The number of nitrogens with one attached hydrogen (secondary N) is 2. The van der Waals surface area contributed by atoms with Crippen molar-refractivity contribution in [2.45, 2.75) is 27.3 Å². The van der Waals surface area contributed by atoms with Crippen LogP contribution in [0.4, 0.5) is 11.9 Å². The molecule has 0 aliphatic heterocycles. The van der Waals surface area contributed by atoms with Crippen molar-refractivity contribution in [1.29, 1.82) is 0 Å². The molecular weight excluding hydrogens is 268 g/mol. The quantitative estimate of drug-likeness (QED) is 0.869. The fourth-order valence-electron chi connectivity index (χ4n) is 1.59. The van der Waals surface area contributed by atoms with Gasteiger partial charge >= 0.3 is 0 Å². The molecule has 8 heteroatoms. The van der Waals surface area contributed by atoms with E-state index in [0.717, 1.165) is 17.0 Å². The lowest BCUT2D eigenvalue weighted by atomic mass is 10.2. The summed E-state index contributed by atoms with van der Waals surface area (Å²) < 4.78 is 5.09. The lowest BCUT2D eigenvalue weighted by Crippen LogP contribution is -2.09. The maximum Gasteiger partial charge on any atom is 0.229 e. The highest BCUT2D eigenvalue weighted by Gasteiger charge is 2.10. The van der Waals surface area contributed by atoms with Gasteiger partial charge in [-0.2, -0.15) is 15.0 Å². The van der Waals surface area contributed by atoms with Crippen molar-refractivity contribution >= 4 is 23.5 Å². The Morgan fingerprint density at radius 3 is 2.37 bits per heavy atom. The van der Waals surface area contributed by atoms with Crippen LogP contribution in [-0.4, -0.2) is 26.7 Å². The van der Waals surface area contributed by atoms with Gasteiger partial charge in [-0.1, -0.05) is 5.16 Å². The summed E-state index contributed by atoms with van der Waals surface area (Å²) in [6, 6.07) is 0. The zero-order valence-corrected chi connectivity index (χ0v) is 11.7. The summed E-state index contributed by atoms with van der Waals surface area (Å²) >= 11 is 5.84. The second-order valence-electron chi connectivity index (χ2n) is 3.94. The molecule has 0 unspecified atom stereocenters. The number of nitrogens with zero attached hydrogens (tertiary/aromatic N) is 4. The number of aryl methyl sites for hydroxylation is 2. The molecule has 2 aromatic heterocycles. The molecule has 0 aliphatic rings. The van der Waals surface area contributed by atoms with E-state index >= 15 is 0 Å². The van der Waals surface area contributed by atoms with Gasteiger partial charge < -0.3 is 15.2 Å². The standard InChI is InChI=1S/C11H15ClN6O/c1-4-13-10-15-9(12)16-11(17-10)14-5-8-6(2)18-19-7(8)3/h4-5H2,1-3H3,(H2,13,14,15,16,17). The van der Waals surface area contributed by atoms with E-state index in [1.807, 2.05) is 20.8 Å². The van der Waals surface area contributed by atoms with E-state index in [-0.39, 0.29) is 5.28 Å². The normalized spacial score (nSPS) is 10.5. The highest BCUT2D eigenvalue weighted by molar-refractivity contribution is 6.28. The maximum absolute atomic E-state index is 5.84. The Bertz CT molecular complexity index is 551. The Kier molecular flexibility index (Phi) is 4.16. The summed E-state index contributed by atoms with van der Waals surface area (Å²) in [5, 5.41) is 10.1. The van der Waals surface area contributed by atoms with Gasteiger partial charge in [-0.25, -0.2) is 0 Å². The smallest absolute Gasteiger partial charge is 0.229 e. The molecule has 2 heterocycles. The number of anilines is 2. The van der Waals surface area contributed by atoms with E-state index in [4.69, 9.17) is 16.1 Å². The largest absolute Gasteiger partial charge is 0.361 e. The molecule has 2 N–H and O–H groups in total. The molecule has 0 bridgehead atoms. The molecule has 0 atom stereocenters. The summed E-state index contributed by atoms with van der Waals surface area (Å²) in [4.78, 5) is 12.2. The summed E-state index contributed by atoms with van der Waals surface area (Å²) in [6.07, 6.45) is 0. The predicted octanol–water partition coefficient (Wildman–Crippen LogP) is 2.17. The van der Waals surface area contributed by atoms with E-state index in [1.165, 1.54) is 0 Å². The Labute approximate surface area is 115 Å². The van der Waals surface area contributed by atoms with Crippen molar-refractivity contribution in [1.82, 2.24) is 20.1 Å². The summed E-state index contributed by atoms with van der Waals surface area (Å²) in [6.45, 7) is 6.94. The topological polar surface area (TPSA) is 88.8 Å². The first kappa shape index (κ1) is 13.5. The highest BCUT2D eigenvalue weighted by atomic mass is 35.5. The highest BCUT2D eigenvalue weighted by Crippen LogP contribution is 2.15. The second-order valence-corrected chi connectivity index (χ2v) is 4.28. The van der Waals surface area contributed by atoms with Gasteiger partial charge in [-0.05, 0) is 32.4 Å². The van der Waals surface area contributed by atoms with Crippen molar-refractivity contribution in [3.8, 4) is 0 Å². The average molecular weight is 283 g/mol. The first-order chi connectivity index (χ1) is 9.10. The van der Waals surface area contributed by atoms with Gasteiger partial charge in [-0.3, -0.25) is 0 Å². The number of halogens is 1. The molecule has 0 aromatic carbocycles. The van der Waals surface area contributed by atoms with Crippen LogP contribution in [-0.2, 0) is 6.54 Å². The van der Waals surface area contributed by atoms with Crippen LogP contribution in [0.2, 0.25) is 5.28 Å². The molecular formula is C11H15ClN6O. The van der Waals surface area contributed by atoms with Crippen molar-refractivity contribution < 1.29 is 4.52 Å². The zero-order valence-electron chi connectivity index (χ0n) is 11.0. The fourth-order valence-corrected chi connectivity index (χ4v) is 1.75. The third kappa shape index (κ3) is 3.31. The molecule has 2 aromatic rings. The van der Waals surface area contributed by atoms with Gasteiger partial charge in [-0.15, -0.1) is 0 Å². The summed E-state index contributed by atoms with van der Waals surface area (Å²) in [5.74, 6) is 1.64. The van der Waals surface area contributed by atoms with Crippen LogP contribution in [0.5, 0.6) is 0 Å². The van der Waals surface area contributed by atoms with E-state index in [9.17, 15) is 0 Å². The molecule has 0 amide bonds. The second kappa shape index (κ2) is 5.83. The van der Waals surface area contributed by atoms with Crippen LogP contribution in [0, 0.1) is 13.8 Å². The third-order valence-corrected chi connectivity index (χ3v) is 2.72. The van der Waals surface area contributed by atoms with E-state index in [1.54, 1.807) is 0 Å². The van der Waals surface area contributed by atoms with Gasteiger partial charge in [0.05, 0.1) is 5.69 Å². The number of aromatic nitrogens is 4. The van der Waals surface area contributed by atoms with Gasteiger partial charge in [0.15, 0.2) is 0 Å². The molecule has 0 aliphatic carbocycles. The molecule has 0 saturated carbocycles. The van der Waals surface area contributed by atoms with Crippen LogP contribution >= 0.6 is 11.6 Å². The molecule has 0 radical (unpaired) electrons. The fraction of sp³-hybridized carbons (Fsp3) is 0.455. The van der Waals surface area contributed by atoms with E-state index in [2.05, 4.69) is 30.7 Å². The van der Waals surface area contributed by atoms with Crippen LogP contribution in [0.3, 0.4) is 0 Å². The summed E-state index contributed by atoms with van der Waals surface area (Å²) in [7, 11) is 0.